The van der Waals surface area contributed by atoms with Crippen LogP contribution in [0.25, 0.3) is 0 Å². The maximum Gasteiger partial charge on any atom is 0.319 e. The molecule has 1 aliphatic carbocycles. The number of aliphatic carboxylic acids is 1. The van der Waals surface area contributed by atoms with Crippen molar-refractivity contribution in [2.45, 2.75) is 37.0 Å². The number of thioether (sulfide) groups is 1. The van der Waals surface area contributed by atoms with Gasteiger partial charge in [0.05, 0.1) is 6.42 Å². The van der Waals surface area contributed by atoms with E-state index in [1.165, 1.54) is 0 Å². The lowest BCUT2D eigenvalue weighted by Crippen LogP contribution is -2.41. The summed E-state index contributed by atoms with van der Waals surface area (Å²) < 4.78 is 0. The topological polar surface area (TPSA) is 78.4 Å². The van der Waals surface area contributed by atoms with Crippen LogP contribution in [0.2, 0.25) is 0 Å². The lowest BCUT2D eigenvalue weighted by atomic mass is 10.1. The first kappa shape index (κ1) is 15.7. The number of anilines is 1. The minimum atomic E-state index is -0.884. The lowest BCUT2D eigenvalue weighted by Gasteiger charge is -2.19. The largest absolute Gasteiger partial charge is 0.481 e. The Kier molecular flexibility index (Phi) is 5.50. The Morgan fingerprint density at radius 3 is 2.90 bits per heavy atom. The lowest BCUT2D eigenvalue weighted by molar-refractivity contribution is -0.136. The highest BCUT2D eigenvalue weighted by atomic mass is 32.2. The van der Waals surface area contributed by atoms with E-state index in [4.69, 9.17) is 5.11 Å². The molecule has 1 saturated carbocycles. The molecule has 0 radical (unpaired) electrons. The van der Waals surface area contributed by atoms with Crippen molar-refractivity contribution in [2.75, 3.05) is 11.6 Å². The van der Waals surface area contributed by atoms with Crippen LogP contribution in [-0.2, 0) is 11.2 Å². The number of carbonyl (C=O) groups excluding carboxylic acids is 1. The molecule has 0 saturated heterocycles. The molecule has 0 bridgehead atoms. The molecule has 6 heteroatoms. The van der Waals surface area contributed by atoms with Crippen LogP contribution in [-0.4, -0.2) is 34.7 Å². The Morgan fingerprint density at radius 1 is 1.38 bits per heavy atom. The molecular formula is C15H20N2O3S. The number of urea groups is 1. The van der Waals surface area contributed by atoms with Gasteiger partial charge in [-0.15, -0.1) is 0 Å². The fraction of sp³-hybridized carbons (Fsp3) is 0.467. The summed E-state index contributed by atoms with van der Waals surface area (Å²) in [5, 5.41) is 15.0. The molecule has 0 heterocycles. The minimum absolute atomic E-state index is 0.0473. The number of hydrogen-bond acceptors (Lipinski definition) is 3. The predicted molar refractivity (Wildman–Crippen MR) is 84.9 cm³/mol. The number of benzene rings is 1. The number of hydrogen-bond donors (Lipinski definition) is 3. The summed E-state index contributed by atoms with van der Waals surface area (Å²) in [6.07, 6.45) is 5.31. The normalized spacial score (nSPS) is 21.0. The van der Waals surface area contributed by atoms with Crippen LogP contribution in [0.4, 0.5) is 10.5 Å². The van der Waals surface area contributed by atoms with Gasteiger partial charge in [0.25, 0.3) is 0 Å². The molecule has 0 aliphatic heterocycles. The van der Waals surface area contributed by atoms with Crippen LogP contribution >= 0.6 is 11.8 Å². The second-order valence-electron chi connectivity index (χ2n) is 5.18. The van der Waals surface area contributed by atoms with Gasteiger partial charge in [-0.1, -0.05) is 18.6 Å². The van der Waals surface area contributed by atoms with Gasteiger partial charge in [0.1, 0.15) is 0 Å². The average Bonchev–Trinajstić information content (AvgIpc) is 2.85. The van der Waals surface area contributed by atoms with E-state index in [2.05, 4.69) is 16.9 Å². The Hall–Kier alpha value is -1.69. The Morgan fingerprint density at radius 2 is 2.19 bits per heavy atom. The number of carbonyl (C=O) groups is 2. The van der Waals surface area contributed by atoms with E-state index in [-0.39, 0.29) is 18.5 Å². The summed E-state index contributed by atoms with van der Waals surface area (Å²) in [6.45, 7) is 0. The van der Waals surface area contributed by atoms with Crippen molar-refractivity contribution >= 4 is 29.4 Å². The number of rotatable bonds is 5. The standard InChI is InChI=1S/C15H20N2O3S/c1-21-13-7-3-6-12(13)17-15(20)16-11-5-2-4-10(8-11)9-14(18)19/h2,4-5,8,12-13H,3,6-7,9H2,1H3,(H,18,19)(H2,16,17,20). The molecule has 2 rings (SSSR count). The SMILES string of the molecule is CSC1CCCC1NC(=O)Nc1cccc(CC(=O)O)c1. The molecule has 2 unspecified atom stereocenters. The molecule has 3 N–H and O–H groups in total. The van der Waals surface area contributed by atoms with E-state index in [0.717, 1.165) is 19.3 Å². The van der Waals surface area contributed by atoms with Gasteiger partial charge in [0.2, 0.25) is 0 Å². The number of amides is 2. The van der Waals surface area contributed by atoms with Crippen LogP contribution < -0.4 is 10.6 Å². The maximum atomic E-state index is 12.0. The fourth-order valence-corrected chi connectivity index (χ4v) is 3.58. The van der Waals surface area contributed by atoms with Gasteiger partial charge < -0.3 is 15.7 Å². The third-order valence-electron chi connectivity index (χ3n) is 3.61. The zero-order valence-corrected chi connectivity index (χ0v) is 12.8. The smallest absolute Gasteiger partial charge is 0.319 e. The minimum Gasteiger partial charge on any atom is -0.481 e. The monoisotopic (exact) mass is 308 g/mol. The molecule has 1 aliphatic rings. The van der Waals surface area contributed by atoms with E-state index in [0.29, 0.717) is 16.5 Å². The summed E-state index contributed by atoms with van der Waals surface area (Å²) in [5.41, 5.74) is 1.29. The van der Waals surface area contributed by atoms with E-state index in [9.17, 15) is 9.59 Å². The van der Waals surface area contributed by atoms with Crippen molar-refractivity contribution in [3.63, 3.8) is 0 Å². The molecule has 0 spiro atoms. The highest BCUT2D eigenvalue weighted by Crippen LogP contribution is 2.28. The van der Waals surface area contributed by atoms with Crippen molar-refractivity contribution < 1.29 is 14.7 Å². The summed E-state index contributed by atoms with van der Waals surface area (Å²) in [4.78, 5) is 22.7. The molecule has 1 aromatic rings. The second kappa shape index (κ2) is 7.36. The second-order valence-corrected chi connectivity index (χ2v) is 6.26. The van der Waals surface area contributed by atoms with Crippen LogP contribution in [0.5, 0.6) is 0 Å². The third kappa shape index (κ3) is 4.67. The van der Waals surface area contributed by atoms with Gasteiger partial charge in [0.15, 0.2) is 0 Å². The molecule has 5 nitrogen and oxygen atoms in total. The number of nitrogens with one attached hydrogen (secondary N) is 2. The quantitative estimate of drug-likeness (QED) is 0.781. The average molecular weight is 308 g/mol. The van der Waals surface area contributed by atoms with Crippen LogP contribution in [0, 0.1) is 0 Å². The van der Waals surface area contributed by atoms with Gasteiger partial charge >= 0.3 is 12.0 Å². The zero-order valence-electron chi connectivity index (χ0n) is 12.0. The van der Waals surface area contributed by atoms with Crippen molar-refractivity contribution in [3.05, 3.63) is 29.8 Å². The van der Waals surface area contributed by atoms with Gasteiger partial charge in [-0.05, 0) is 36.8 Å². The Balaban J connectivity index is 1.91. The first-order chi connectivity index (χ1) is 10.1. The summed E-state index contributed by atoms with van der Waals surface area (Å²) >= 11 is 1.79. The molecule has 2 atom stereocenters. The highest BCUT2D eigenvalue weighted by Gasteiger charge is 2.27. The van der Waals surface area contributed by atoms with Crippen molar-refractivity contribution in [3.8, 4) is 0 Å². The maximum absolute atomic E-state index is 12.0. The van der Waals surface area contributed by atoms with E-state index < -0.39 is 5.97 Å². The van der Waals surface area contributed by atoms with Crippen LogP contribution in [0.3, 0.4) is 0 Å². The van der Waals surface area contributed by atoms with Crippen molar-refractivity contribution in [2.24, 2.45) is 0 Å². The highest BCUT2D eigenvalue weighted by molar-refractivity contribution is 7.99. The van der Waals surface area contributed by atoms with E-state index >= 15 is 0 Å². The van der Waals surface area contributed by atoms with E-state index in [1.807, 2.05) is 0 Å². The summed E-state index contributed by atoms with van der Waals surface area (Å²) in [7, 11) is 0. The zero-order chi connectivity index (χ0) is 15.2. The fourth-order valence-electron chi connectivity index (χ4n) is 2.64. The Labute approximate surface area is 128 Å². The molecule has 114 valence electrons. The van der Waals surface area contributed by atoms with Gasteiger partial charge in [-0.3, -0.25) is 4.79 Å². The molecule has 0 aromatic heterocycles. The van der Waals surface area contributed by atoms with Crippen molar-refractivity contribution in [1.82, 2.24) is 5.32 Å². The van der Waals surface area contributed by atoms with Crippen LogP contribution in [0.1, 0.15) is 24.8 Å². The van der Waals surface area contributed by atoms with Gasteiger partial charge in [0, 0.05) is 17.0 Å². The number of carboxylic acid groups (broad SMARTS) is 1. The molecular weight excluding hydrogens is 288 g/mol. The molecule has 21 heavy (non-hydrogen) atoms. The first-order valence-electron chi connectivity index (χ1n) is 6.99. The first-order valence-corrected chi connectivity index (χ1v) is 8.28. The Bertz CT molecular complexity index is 521. The predicted octanol–water partition coefficient (Wildman–Crippen LogP) is 2.72. The van der Waals surface area contributed by atoms with Crippen molar-refractivity contribution in [1.29, 1.82) is 0 Å². The van der Waals surface area contributed by atoms with Gasteiger partial charge in [-0.2, -0.15) is 11.8 Å². The van der Waals surface area contributed by atoms with Crippen LogP contribution in [0.15, 0.2) is 24.3 Å². The molecule has 1 aromatic carbocycles. The number of carboxylic acids is 1. The van der Waals surface area contributed by atoms with E-state index in [1.54, 1.807) is 36.0 Å². The summed E-state index contributed by atoms with van der Waals surface area (Å²) in [5.74, 6) is -0.884. The molecule has 2 amide bonds. The molecule has 1 fully saturated rings. The summed E-state index contributed by atoms with van der Waals surface area (Å²) in [6, 6.07) is 6.90. The third-order valence-corrected chi connectivity index (χ3v) is 4.78. The van der Waals surface area contributed by atoms with Gasteiger partial charge in [-0.25, -0.2) is 4.79 Å².